The summed E-state index contributed by atoms with van der Waals surface area (Å²) in [6.45, 7) is 0. The van der Waals surface area contributed by atoms with E-state index in [0.29, 0.717) is 0 Å². The standard InChI is InChI=1S/C16H10N2O8S2/c19-15-9-5-7(27(21,22)23)1-3-11(9)17-13(15)14-16(20)10-6-8(28(24,25)26)2-4-12(10)18-14/h1-6,17,19H,(H,21,22,23)(H,24,25,26)/p-2. The highest BCUT2D eigenvalue weighted by atomic mass is 32.2. The molecule has 2 heterocycles. The first kappa shape index (κ1) is 18.3. The summed E-state index contributed by atoms with van der Waals surface area (Å²) in [6, 6.07) is 6.35. The smallest absolute Gasteiger partial charge is 0.215 e. The number of carbonyl (C=O) groups is 1. The number of Topliss-reactive ketones (excluding diaryl/α,β-unsaturated/α-hetero) is 1. The molecule has 0 saturated heterocycles. The van der Waals surface area contributed by atoms with Gasteiger partial charge in [-0.25, -0.2) is 21.8 Å². The van der Waals surface area contributed by atoms with E-state index in [1.807, 2.05) is 0 Å². The molecule has 1 aliphatic heterocycles. The number of hydrogen-bond donors (Lipinski definition) is 2. The molecular formula is C16H8N2O8S2-2. The van der Waals surface area contributed by atoms with Gasteiger partial charge in [0.25, 0.3) is 0 Å². The monoisotopic (exact) mass is 420 g/mol. The number of aliphatic imine (C=N–C) groups is 1. The van der Waals surface area contributed by atoms with Crippen LogP contribution in [-0.4, -0.2) is 47.5 Å². The lowest BCUT2D eigenvalue weighted by molar-refractivity contribution is 0.106. The molecule has 144 valence electrons. The Morgan fingerprint density at radius 1 is 0.929 bits per heavy atom. The zero-order valence-corrected chi connectivity index (χ0v) is 15.2. The van der Waals surface area contributed by atoms with E-state index in [1.165, 1.54) is 12.1 Å². The fourth-order valence-electron chi connectivity index (χ4n) is 2.90. The van der Waals surface area contributed by atoms with Crippen molar-refractivity contribution in [2.45, 2.75) is 9.79 Å². The predicted molar refractivity (Wildman–Crippen MR) is 92.9 cm³/mol. The predicted octanol–water partition coefficient (Wildman–Crippen LogP) is 0.999. The van der Waals surface area contributed by atoms with Crippen LogP contribution in [0.25, 0.3) is 10.9 Å². The third-order valence-corrected chi connectivity index (χ3v) is 5.88. The van der Waals surface area contributed by atoms with Crippen molar-refractivity contribution in [3.05, 3.63) is 47.7 Å². The molecule has 1 aliphatic rings. The summed E-state index contributed by atoms with van der Waals surface area (Å²) >= 11 is 0. The number of aromatic amines is 1. The Bertz CT molecular complexity index is 1430. The second-order valence-electron chi connectivity index (χ2n) is 5.93. The van der Waals surface area contributed by atoms with Gasteiger partial charge in [0.1, 0.15) is 31.6 Å². The molecule has 0 fully saturated rings. The van der Waals surface area contributed by atoms with Gasteiger partial charge in [0.05, 0.1) is 21.0 Å². The maximum Gasteiger partial charge on any atom is 0.215 e. The van der Waals surface area contributed by atoms with Gasteiger partial charge in [-0.05, 0) is 36.4 Å². The summed E-state index contributed by atoms with van der Waals surface area (Å²) in [4.78, 5) is 18.2. The molecule has 3 aromatic rings. The lowest BCUT2D eigenvalue weighted by atomic mass is 10.1. The summed E-state index contributed by atoms with van der Waals surface area (Å²) in [7, 11) is -9.53. The number of hydrogen-bond acceptors (Lipinski definition) is 9. The number of ketones is 1. The molecule has 0 bridgehead atoms. The topological polar surface area (TPSA) is 180 Å². The van der Waals surface area contributed by atoms with Gasteiger partial charge in [-0.1, -0.05) is 0 Å². The molecule has 2 N–H and O–H groups in total. The fourth-order valence-corrected chi connectivity index (χ4v) is 3.90. The molecule has 0 amide bonds. The van der Waals surface area contributed by atoms with E-state index in [1.54, 1.807) is 0 Å². The number of aromatic nitrogens is 1. The van der Waals surface area contributed by atoms with Crippen molar-refractivity contribution in [2.24, 2.45) is 4.99 Å². The first-order valence-corrected chi connectivity index (χ1v) is 10.3. The van der Waals surface area contributed by atoms with E-state index in [2.05, 4.69) is 9.98 Å². The van der Waals surface area contributed by atoms with Crippen LogP contribution in [-0.2, 0) is 20.2 Å². The summed E-state index contributed by atoms with van der Waals surface area (Å²) in [5.41, 5.74) is -0.172. The van der Waals surface area contributed by atoms with Gasteiger partial charge in [-0.15, -0.1) is 0 Å². The molecule has 1 aromatic heterocycles. The van der Waals surface area contributed by atoms with Crippen molar-refractivity contribution in [3.8, 4) is 5.75 Å². The minimum absolute atomic E-state index is 0.0128. The van der Waals surface area contributed by atoms with E-state index in [4.69, 9.17) is 0 Å². The Labute approximate surface area is 157 Å². The number of fused-ring (bicyclic) bond motifs is 2. The highest BCUT2D eigenvalue weighted by molar-refractivity contribution is 7.86. The van der Waals surface area contributed by atoms with Gasteiger partial charge in [0.15, 0.2) is 5.75 Å². The molecule has 4 rings (SSSR count). The Balaban J connectivity index is 1.85. The highest BCUT2D eigenvalue weighted by Gasteiger charge is 2.30. The summed E-state index contributed by atoms with van der Waals surface area (Å²) < 4.78 is 66.9. The fraction of sp³-hybridized carbons (Fsp3) is 0. The van der Waals surface area contributed by atoms with Crippen LogP contribution in [0.2, 0.25) is 0 Å². The van der Waals surface area contributed by atoms with E-state index in [-0.39, 0.29) is 33.6 Å². The van der Waals surface area contributed by atoms with Gasteiger partial charge in [-0.3, -0.25) is 4.79 Å². The molecule has 0 atom stereocenters. The molecule has 0 radical (unpaired) electrons. The number of nitrogens with one attached hydrogen (secondary N) is 1. The Morgan fingerprint density at radius 2 is 1.54 bits per heavy atom. The van der Waals surface area contributed by atoms with E-state index < -0.39 is 41.6 Å². The summed E-state index contributed by atoms with van der Waals surface area (Å²) in [5.74, 6) is -1.24. The Hall–Kier alpha value is -3.06. The molecule has 2 aromatic carbocycles. The molecule has 28 heavy (non-hydrogen) atoms. The van der Waals surface area contributed by atoms with Crippen LogP contribution >= 0.6 is 0 Å². The number of nitrogens with zero attached hydrogens (tertiary/aromatic N) is 1. The van der Waals surface area contributed by atoms with Crippen LogP contribution in [0.15, 0.2) is 51.2 Å². The van der Waals surface area contributed by atoms with E-state index in [9.17, 15) is 35.8 Å². The molecule has 0 unspecified atom stereocenters. The molecular weight excluding hydrogens is 412 g/mol. The van der Waals surface area contributed by atoms with Crippen LogP contribution in [0.5, 0.6) is 5.75 Å². The van der Waals surface area contributed by atoms with Crippen LogP contribution in [0.1, 0.15) is 16.1 Å². The van der Waals surface area contributed by atoms with Crippen molar-refractivity contribution in [3.63, 3.8) is 0 Å². The van der Waals surface area contributed by atoms with Crippen molar-refractivity contribution in [2.75, 3.05) is 0 Å². The summed E-state index contributed by atoms with van der Waals surface area (Å²) in [5, 5.41) is 10.4. The SMILES string of the molecule is O=C1C(c2[nH]c3ccc(S(=O)(=O)[O-])cc3c2O)=Nc2ccc(S(=O)(=O)[O-])cc21. The normalized spacial score (nSPS) is 14.4. The summed E-state index contributed by atoms with van der Waals surface area (Å²) in [6.07, 6.45) is 0. The van der Waals surface area contributed by atoms with Crippen molar-refractivity contribution in [1.29, 1.82) is 0 Å². The van der Waals surface area contributed by atoms with Crippen LogP contribution < -0.4 is 0 Å². The van der Waals surface area contributed by atoms with Crippen LogP contribution in [0.3, 0.4) is 0 Å². The Kier molecular flexibility index (Phi) is 3.74. The molecule has 0 saturated carbocycles. The number of H-pyrrole nitrogens is 1. The largest absolute Gasteiger partial charge is 0.744 e. The maximum atomic E-state index is 12.6. The molecule has 0 aliphatic carbocycles. The first-order chi connectivity index (χ1) is 13.0. The quantitative estimate of drug-likeness (QED) is 0.589. The number of carbonyl (C=O) groups excluding carboxylic acids is 1. The van der Waals surface area contributed by atoms with Crippen molar-refractivity contribution < 1.29 is 35.8 Å². The van der Waals surface area contributed by atoms with Gasteiger partial charge in [0.2, 0.25) is 5.78 Å². The number of rotatable bonds is 3. The van der Waals surface area contributed by atoms with Gasteiger partial charge >= 0.3 is 0 Å². The van der Waals surface area contributed by atoms with Gasteiger partial charge in [-0.2, -0.15) is 0 Å². The zero-order valence-electron chi connectivity index (χ0n) is 13.5. The molecule has 10 nitrogen and oxygen atoms in total. The molecule has 0 spiro atoms. The zero-order chi connectivity index (χ0) is 20.4. The maximum absolute atomic E-state index is 12.6. The average molecular weight is 420 g/mol. The van der Waals surface area contributed by atoms with Crippen LogP contribution in [0.4, 0.5) is 5.69 Å². The van der Waals surface area contributed by atoms with Crippen LogP contribution in [0, 0.1) is 0 Å². The third kappa shape index (κ3) is 2.79. The minimum atomic E-state index is -4.77. The Morgan fingerprint density at radius 3 is 2.18 bits per heavy atom. The van der Waals surface area contributed by atoms with Gasteiger partial charge in [0, 0.05) is 10.9 Å². The van der Waals surface area contributed by atoms with Crippen molar-refractivity contribution in [1.82, 2.24) is 4.98 Å². The van der Waals surface area contributed by atoms with E-state index in [0.717, 1.165) is 24.3 Å². The molecule has 12 heteroatoms. The van der Waals surface area contributed by atoms with Crippen molar-refractivity contribution >= 4 is 48.3 Å². The van der Waals surface area contributed by atoms with Gasteiger partial charge < -0.3 is 19.2 Å². The lowest BCUT2D eigenvalue weighted by Gasteiger charge is -2.07. The lowest BCUT2D eigenvalue weighted by Crippen LogP contribution is -2.12. The highest BCUT2D eigenvalue weighted by Crippen LogP contribution is 2.36. The third-order valence-electron chi connectivity index (χ3n) is 4.22. The minimum Gasteiger partial charge on any atom is -0.744 e. The number of aromatic hydroxyl groups is 1. The first-order valence-electron chi connectivity index (χ1n) is 7.51. The second kappa shape index (κ2) is 5.72. The number of benzene rings is 2. The average Bonchev–Trinajstić information content (AvgIpc) is 3.10. The second-order valence-corrected chi connectivity index (χ2v) is 8.69. The van der Waals surface area contributed by atoms with E-state index >= 15 is 0 Å².